The van der Waals surface area contributed by atoms with E-state index in [1.807, 2.05) is 30.0 Å². The van der Waals surface area contributed by atoms with E-state index in [1.54, 1.807) is 44.6 Å². The van der Waals surface area contributed by atoms with Gasteiger partial charge in [0.2, 0.25) is 0 Å². The number of methoxy groups -OCH3 is 2. The fraction of sp³-hybridized carbons (Fsp3) is 0.360. The van der Waals surface area contributed by atoms with Gasteiger partial charge in [0.25, 0.3) is 11.8 Å². The van der Waals surface area contributed by atoms with Crippen LogP contribution in [0.2, 0.25) is 0 Å². The second-order valence-corrected chi connectivity index (χ2v) is 7.97. The fourth-order valence-electron chi connectivity index (χ4n) is 3.54. The molecule has 1 saturated heterocycles. The number of ether oxygens (including phenoxy) is 2. The van der Waals surface area contributed by atoms with Crippen molar-refractivity contribution in [1.82, 2.24) is 10.2 Å². The first-order chi connectivity index (χ1) is 14.9. The van der Waals surface area contributed by atoms with E-state index in [-0.39, 0.29) is 17.5 Å². The fourth-order valence-corrected chi connectivity index (χ4v) is 3.54. The molecule has 1 aliphatic rings. The first-order valence-corrected chi connectivity index (χ1v) is 10.5. The molecule has 6 heteroatoms. The van der Waals surface area contributed by atoms with E-state index in [4.69, 9.17) is 9.47 Å². The molecule has 0 unspecified atom stereocenters. The Morgan fingerprint density at radius 3 is 2.26 bits per heavy atom. The first kappa shape index (κ1) is 22.4. The zero-order valence-electron chi connectivity index (χ0n) is 18.6. The molecule has 2 aromatic carbocycles. The van der Waals surface area contributed by atoms with Crippen molar-refractivity contribution >= 4 is 17.9 Å². The third-order valence-electron chi connectivity index (χ3n) is 5.58. The summed E-state index contributed by atoms with van der Waals surface area (Å²) in [4.78, 5) is 28.0. The number of benzene rings is 2. The van der Waals surface area contributed by atoms with Crippen LogP contribution in [-0.2, 0) is 4.79 Å². The molecule has 1 heterocycles. The maximum absolute atomic E-state index is 13.3. The molecule has 3 rings (SSSR count). The summed E-state index contributed by atoms with van der Waals surface area (Å²) in [6.07, 6.45) is 3.61. The van der Waals surface area contributed by atoms with Gasteiger partial charge in [0, 0.05) is 18.7 Å². The predicted octanol–water partition coefficient (Wildman–Crippen LogP) is 4.04. The average molecular weight is 423 g/mol. The zero-order chi connectivity index (χ0) is 22.4. The number of aryl methyl sites for hydroxylation is 1. The molecular formula is C25H30N2O4. The number of amides is 2. The maximum Gasteiger partial charge on any atom is 0.270 e. The maximum atomic E-state index is 13.3. The Morgan fingerprint density at radius 1 is 1.00 bits per heavy atom. The lowest BCUT2D eigenvalue weighted by atomic mass is 9.99. The highest BCUT2D eigenvalue weighted by Gasteiger charge is 2.24. The summed E-state index contributed by atoms with van der Waals surface area (Å²) in [5, 5.41) is 2.83. The highest BCUT2D eigenvalue weighted by Crippen LogP contribution is 2.28. The Kier molecular flexibility index (Phi) is 7.34. The smallest absolute Gasteiger partial charge is 0.270 e. The van der Waals surface area contributed by atoms with Crippen LogP contribution < -0.4 is 14.8 Å². The molecule has 0 spiro atoms. The monoisotopic (exact) mass is 422 g/mol. The van der Waals surface area contributed by atoms with Crippen molar-refractivity contribution in [2.24, 2.45) is 5.92 Å². The van der Waals surface area contributed by atoms with E-state index in [0.717, 1.165) is 24.0 Å². The SMILES string of the molecule is COc1ccc(/C=C(\NC(=O)c2ccc(C)cc2)C(=O)N2CCC(C)CC2)cc1OC. The van der Waals surface area contributed by atoms with Gasteiger partial charge < -0.3 is 19.7 Å². The minimum atomic E-state index is -0.314. The molecule has 0 saturated carbocycles. The van der Waals surface area contributed by atoms with Crippen LogP contribution in [-0.4, -0.2) is 44.0 Å². The standard InChI is InChI=1S/C25H30N2O4/c1-17-5-8-20(9-6-17)24(28)26-21(25(29)27-13-11-18(2)12-14-27)15-19-7-10-22(30-3)23(16-19)31-4/h5-10,15-16,18H,11-14H2,1-4H3,(H,26,28)/b21-15-. The molecule has 2 aromatic rings. The van der Waals surface area contributed by atoms with Gasteiger partial charge in [-0.3, -0.25) is 9.59 Å². The summed E-state index contributed by atoms with van der Waals surface area (Å²) in [5.41, 5.74) is 2.54. The van der Waals surface area contributed by atoms with Crippen LogP contribution >= 0.6 is 0 Å². The number of carbonyl (C=O) groups excluding carboxylic acids is 2. The minimum Gasteiger partial charge on any atom is -0.493 e. The van der Waals surface area contributed by atoms with Crippen molar-refractivity contribution in [1.29, 1.82) is 0 Å². The van der Waals surface area contributed by atoms with E-state index >= 15 is 0 Å². The van der Waals surface area contributed by atoms with Crippen LogP contribution in [0.4, 0.5) is 0 Å². The summed E-state index contributed by atoms with van der Waals surface area (Å²) in [7, 11) is 3.13. The Hall–Kier alpha value is -3.28. The Morgan fingerprint density at radius 2 is 1.65 bits per heavy atom. The lowest BCUT2D eigenvalue weighted by molar-refractivity contribution is -0.128. The van der Waals surface area contributed by atoms with E-state index in [2.05, 4.69) is 12.2 Å². The molecular weight excluding hydrogens is 392 g/mol. The van der Waals surface area contributed by atoms with Crippen LogP contribution in [0.1, 0.15) is 41.3 Å². The normalized spacial score (nSPS) is 14.8. The third kappa shape index (κ3) is 5.66. The summed E-state index contributed by atoms with van der Waals surface area (Å²) in [5.74, 6) is 1.26. The van der Waals surface area contributed by atoms with Crippen molar-refractivity contribution in [2.75, 3.05) is 27.3 Å². The van der Waals surface area contributed by atoms with E-state index in [0.29, 0.717) is 36.1 Å². The van der Waals surface area contributed by atoms with Crippen molar-refractivity contribution in [2.45, 2.75) is 26.7 Å². The molecule has 164 valence electrons. The van der Waals surface area contributed by atoms with Crippen LogP contribution in [0, 0.1) is 12.8 Å². The molecule has 0 aromatic heterocycles. The molecule has 0 aliphatic carbocycles. The second kappa shape index (κ2) is 10.2. The number of nitrogens with one attached hydrogen (secondary N) is 1. The number of likely N-dealkylation sites (tertiary alicyclic amines) is 1. The van der Waals surface area contributed by atoms with Crippen molar-refractivity contribution < 1.29 is 19.1 Å². The van der Waals surface area contributed by atoms with Crippen LogP contribution in [0.5, 0.6) is 11.5 Å². The van der Waals surface area contributed by atoms with Crippen molar-refractivity contribution in [3.8, 4) is 11.5 Å². The summed E-state index contributed by atoms with van der Waals surface area (Å²) < 4.78 is 10.7. The third-order valence-corrected chi connectivity index (χ3v) is 5.58. The quantitative estimate of drug-likeness (QED) is 0.714. The first-order valence-electron chi connectivity index (χ1n) is 10.5. The Balaban J connectivity index is 1.91. The largest absolute Gasteiger partial charge is 0.493 e. The van der Waals surface area contributed by atoms with Gasteiger partial charge in [0.1, 0.15) is 5.70 Å². The molecule has 1 fully saturated rings. The van der Waals surface area contributed by atoms with Crippen LogP contribution in [0.15, 0.2) is 48.2 Å². The van der Waals surface area contributed by atoms with Crippen LogP contribution in [0.3, 0.4) is 0 Å². The van der Waals surface area contributed by atoms with Gasteiger partial charge in [-0.1, -0.05) is 30.7 Å². The molecule has 2 amide bonds. The molecule has 1 aliphatic heterocycles. The summed E-state index contributed by atoms with van der Waals surface area (Å²) in [6, 6.07) is 12.6. The predicted molar refractivity (Wildman–Crippen MR) is 121 cm³/mol. The number of rotatable bonds is 6. The number of hydrogen-bond donors (Lipinski definition) is 1. The second-order valence-electron chi connectivity index (χ2n) is 7.97. The number of piperidine rings is 1. The van der Waals surface area contributed by atoms with E-state index in [1.165, 1.54) is 0 Å². The van der Waals surface area contributed by atoms with Gasteiger partial charge in [-0.2, -0.15) is 0 Å². The lowest BCUT2D eigenvalue weighted by Crippen LogP contribution is -2.42. The van der Waals surface area contributed by atoms with Crippen molar-refractivity contribution in [3.05, 3.63) is 64.9 Å². The minimum absolute atomic E-state index is 0.179. The van der Waals surface area contributed by atoms with E-state index < -0.39 is 0 Å². The van der Waals surface area contributed by atoms with Crippen LogP contribution in [0.25, 0.3) is 6.08 Å². The summed E-state index contributed by atoms with van der Waals surface area (Å²) in [6.45, 7) is 5.53. The molecule has 0 bridgehead atoms. The molecule has 0 atom stereocenters. The lowest BCUT2D eigenvalue weighted by Gasteiger charge is -2.31. The van der Waals surface area contributed by atoms with Gasteiger partial charge >= 0.3 is 0 Å². The number of carbonyl (C=O) groups is 2. The van der Waals surface area contributed by atoms with E-state index in [9.17, 15) is 9.59 Å². The number of hydrogen-bond acceptors (Lipinski definition) is 4. The van der Waals surface area contributed by atoms with Gasteiger partial charge in [-0.15, -0.1) is 0 Å². The van der Waals surface area contributed by atoms with Gasteiger partial charge in [-0.05, 0) is 61.6 Å². The summed E-state index contributed by atoms with van der Waals surface area (Å²) >= 11 is 0. The van der Waals surface area contributed by atoms with Gasteiger partial charge in [0.15, 0.2) is 11.5 Å². The molecule has 1 N–H and O–H groups in total. The average Bonchev–Trinajstić information content (AvgIpc) is 2.79. The molecule has 0 radical (unpaired) electrons. The highest BCUT2D eigenvalue weighted by molar-refractivity contribution is 6.05. The molecule has 31 heavy (non-hydrogen) atoms. The molecule has 6 nitrogen and oxygen atoms in total. The van der Waals surface area contributed by atoms with Gasteiger partial charge in [0.05, 0.1) is 14.2 Å². The Bertz CT molecular complexity index is 958. The number of nitrogens with zero attached hydrogens (tertiary/aromatic N) is 1. The van der Waals surface area contributed by atoms with Crippen molar-refractivity contribution in [3.63, 3.8) is 0 Å². The zero-order valence-corrected chi connectivity index (χ0v) is 18.6. The topological polar surface area (TPSA) is 67.9 Å². The Labute approximate surface area is 183 Å². The van der Waals surface area contributed by atoms with Gasteiger partial charge in [-0.25, -0.2) is 0 Å². The highest BCUT2D eigenvalue weighted by atomic mass is 16.5.